The predicted molar refractivity (Wildman–Crippen MR) is 193 cm³/mol. The molecule has 4 amide bonds. The van der Waals surface area contributed by atoms with Gasteiger partial charge in [-0.15, -0.1) is 0 Å². The van der Waals surface area contributed by atoms with E-state index in [-0.39, 0.29) is 43.0 Å². The van der Waals surface area contributed by atoms with Crippen molar-refractivity contribution in [2.45, 2.75) is 84.1 Å². The Hall–Kier alpha value is -4.16. The molecule has 276 valence electrons. The number of amides is 4. The second-order valence-corrected chi connectivity index (χ2v) is 12.9. The Labute approximate surface area is 296 Å². The van der Waals surface area contributed by atoms with Crippen LogP contribution >= 0.6 is 0 Å². The minimum Gasteiger partial charge on any atom is -0.504 e. The van der Waals surface area contributed by atoms with Crippen molar-refractivity contribution in [1.82, 2.24) is 20.0 Å². The van der Waals surface area contributed by atoms with E-state index in [0.717, 1.165) is 51.6 Å². The van der Waals surface area contributed by atoms with E-state index in [4.69, 9.17) is 10.5 Å². The molecule has 3 rings (SSSR count). The van der Waals surface area contributed by atoms with Gasteiger partial charge in [0.25, 0.3) is 5.91 Å². The maximum atomic E-state index is 14.1. The Balaban J connectivity index is 1.89. The lowest BCUT2D eigenvalue weighted by Crippen LogP contribution is -2.49. The molecule has 0 aliphatic carbocycles. The second-order valence-electron chi connectivity index (χ2n) is 12.9. The van der Waals surface area contributed by atoms with Gasteiger partial charge in [-0.1, -0.05) is 64.3 Å². The molecule has 1 heterocycles. The van der Waals surface area contributed by atoms with Gasteiger partial charge in [-0.2, -0.15) is 0 Å². The summed E-state index contributed by atoms with van der Waals surface area (Å²) in [5.74, 6) is -3.25. The molecular formula is C38H57N5O7. The SMILES string of the molecule is CCCCOCCCNC(=O)C1c2ccccc2C(=O)N(CCC(=O)N(CCN(CCCC)CCCC)CC(N)=O)C1c1ccc(O)c(O)c1. The molecule has 12 heteroatoms. The number of rotatable bonds is 23. The van der Waals surface area contributed by atoms with Crippen molar-refractivity contribution >= 4 is 23.6 Å². The fourth-order valence-corrected chi connectivity index (χ4v) is 6.28. The molecule has 2 unspecified atom stereocenters. The summed E-state index contributed by atoms with van der Waals surface area (Å²) >= 11 is 0. The smallest absolute Gasteiger partial charge is 0.254 e. The van der Waals surface area contributed by atoms with Crippen LogP contribution in [0.2, 0.25) is 0 Å². The fraction of sp³-hybridized carbons (Fsp3) is 0.579. The van der Waals surface area contributed by atoms with Gasteiger partial charge < -0.3 is 40.7 Å². The second kappa shape index (κ2) is 21.1. The lowest BCUT2D eigenvalue weighted by Gasteiger charge is -2.42. The van der Waals surface area contributed by atoms with Crippen LogP contribution in [0.1, 0.15) is 106 Å². The van der Waals surface area contributed by atoms with Crippen molar-refractivity contribution in [1.29, 1.82) is 0 Å². The molecule has 2 atom stereocenters. The highest BCUT2D eigenvalue weighted by molar-refractivity contribution is 6.01. The Kier molecular flexibility index (Phi) is 17.0. The van der Waals surface area contributed by atoms with Gasteiger partial charge in [-0.05, 0) is 68.1 Å². The molecule has 12 nitrogen and oxygen atoms in total. The zero-order valence-electron chi connectivity index (χ0n) is 30.1. The maximum absolute atomic E-state index is 14.1. The van der Waals surface area contributed by atoms with Gasteiger partial charge in [0.15, 0.2) is 11.5 Å². The van der Waals surface area contributed by atoms with Crippen LogP contribution in [0.5, 0.6) is 11.5 Å². The number of benzene rings is 2. The van der Waals surface area contributed by atoms with E-state index in [1.54, 1.807) is 30.3 Å². The molecule has 2 aromatic rings. The number of nitrogens with zero attached hydrogens (tertiary/aromatic N) is 3. The Morgan fingerprint density at radius 1 is 0.880 bits per heavy atom. The van der Waals surface area contributed by atoms with Crippen LogP contribution in [-0.4, -0.2) is 108 Å². The van der Waals surface area contributed by atoms with E-state index < -0.39 is 23.6 Å². The van der Waals surface area contributed by atoms with Gasteiger partial charge >= 0.3 is 0 Å². The normalized spacial score (nSPS) is 15.6. The average molecular weight is 696 g/mol. The summed E-state index contributed by atoms with van der Waals surface area (Å²) < 4.78 is 5.64. The third kappa shape index (κ3) is 11.7. The van der Waals surface area contributed by atoms with Crippen molar-refractivity contribution < 1.29 is 34.1 Å². The van der Waals surface area contributed by atoms with Crippen LogP contribution in [0.15, 0.2) is 42.5 Å². The van der Waals surface area contributed by atoms with Crippen LogP contribution in [0.4, 0.5) is 0 Å². The monoisotopic (exact) mass is 695 g/mol. The lowest BCUT2D eigenvalue weighted by atomic mass is 9.79. The molecule has 50 heavy (non-hydrogen) atoms. The number of aromatic hydroxyl groups is 2. The van der Waals surface area contributed by atoms with Gasteiger partial charge in [-0.3, -0.25) is 19.2 Å². The number of fused-ring (bicyclic) bond motifs is 1. The van der Waals surface area contributed by atoms with Crippen LogP contribution in [-0.2, 0) is 19.1 Å². The number of primary amides is 1. The summed E-state index contributed by atoms with van der Waals surface area (Å²) in [5.41, 5.74) is 6.86. The molecular weight excluding hydrogens is 638 g/mol. The Bertz CT molecular complexity index is 1400. The number of carbonyl (C=O) groups excluding carboxylic acids is 4. The van der Waals surface area contributed by atoms with Gasteiger partial charge in [0, 0.05) is 51.4 Å². The van der Waals surface area contributed by atoms with Gasteiger partial charge in [0.2, 0.25) is 17.7 Å². The molecule has 1 aliphatic heterocycles. The summed E-state index contributed by atoms with van der Waals surface area (Å²) in [5, 5.41) is 23.6. The van der Waals surface area contributed by atoms with Crippen molar-refractivity contribution in [3.05, 3.63) is 59.2 Å². The van der Waals surface area contributed by atoms with Crippen molar-refractivity contribution in [2.75, 3.05) is 59.0 Å². The van der Waals surface area contributed by atoms with E-state index >= 15 is 0 Å². The molecule has 0 fully saturated rings. The third-order valence-corrected chi connectivity index (χ3v) is 9.08. The number of nitrogens with one attached hydrogen (secondary N) is 1. The molecule has 0 saturated heterocycles. The van der Waals surface area contributed by atoms with Crippen LogP contribution in [0, 0.1) is 0 Å². The van der Waals surface area contributed by atoms with E-state index in [2.05, 4.69) is 31.0 Å². The van der Waals surface area contributed by atoms with E-state index in [0.29, 0.717) is 56.0 Å². The third-order valence-electron chi connectivity index (χ3n) is 9.08. The molecule has 2 aromatic carbocycles. The average Bonchev–Trinajstić information content (AvgIpc) is 3.10. The van der Waals surface area contributed by atoms with Crippen LogP contribution in [0.25, 0.3) is 0 Å². The van der Waals surface area contributed by atoms with Gasteiger partial charge in [0.1, 0.15) is 0 Å². The molecule has 0 saturated carbocycles. The highest BCUT2D eigenvalue weighted by Gasteiger charge is 2.44. The number of hydrogen-bond donors (Lipinski definition) is 4. The zero-order valence-corrected chi connectivity index (χ0v) is 30.1. The number of phenols is 2. The molecule has 0 aromatic heterocycles. The number of hydrogen-bond acceptors (Lipinski definition) is 8. The highest BCUT2D eigenvalue weighted by Crippen LogP contribution is 2.44. The Morgan fingerprint density at radius 2 is 1.56 bits per heavy atom. The molecule has 1 aliphatic rings. The predicted octanol–water partition coefficient (Wildman–Crippen LogP) is 4.31. The summed E-state index contributed by atoms with van der Waals surface area (Å²) in [4.78, 5) is 59.2. The molecule has 0 spiro atoms. The van der Waals surface area contributed by atoms with E-state index in [1.165, 1.54) is 21.9 Å². The Morgan fingerprint density at radius 3 is 2.22 bits per heavy atom. The van der Waals surface area contributed by atoms with Gasteiger partial charge in [-0.25, -0.2) is 0 Å². The van der Waals surface area contributed by atoms with Crippen molar-refractivity contribution in [2.24, 2.45) is 5.73 Å². The molecule has 5 N–H and O–H groups in total. The van der Waals surface area contributed by atoms with E-state index in [9.17, 15) is 29.4 Å². The minimum atomic E-state index is -0.902. The van der Waals surface area contributed by atoms with Gasteiger partial charge in [0.05, 0.1) is 18.5 Å². The first-order chi connectivity index (χ1) is 24.1. The summed E-state index contributed by atoms with van der Waals surface area (Å²) in [6.45, 7) is 10.3. The number of phenolic OH excluding ortho intramolecular Hbond substituents is 2. The first kappa shape index (κ1) is 40.3. The minimum absolute atomic E-state index is 0.0575. The molecule has 0 bridgehead atoms. The summed E-state index contributed by atoms with van der Waals surface area (Å²) in [6.07, 6.45) is 6.65. The number of ether oxygens (including phenoxy) is 1. The lowest BCUT2D eigenvalue weighted by molar-refractivity contribution is -0.135. The number of unbranched alkanes of at least 4 members (excludes halogenated alkanes) is 3. The largest absolute Gasteiger partial charge is 0.504 e. The van der Waals surface area contributed by atoms with Crippen LogP contribution in [0.3, 0.4) is 0 Å². The molecule has 0 radical (unpaired) electrons. The first-order valence-electron chi connectivity index (χ1n) is 18.2. The first-order valence-corrected chi connectivity index (χ1v) is 18.2. The standard InChI is InChI=1S/C38H57N5O7/c1-4-7-19-41(20-8-5-2)22-23-42(27-33(39)46)34(47)17-21-43-36(28-15-16-31(44)32(45)26-28)35(29-13-10-11-14-30(29)38(43)49)37(48)40-18-12-25-50-24-9-6-3/h10-11,13-16,26,35-36,44-45H,4-9,12,17-25,27H2,1-3H3,(H2,39,46)(H,40,48). The van der Waals surface area contributed by atoms with E-state index in [1.807, 2.05) is 0 Å². The zero-order chi connectivity index (χ0) is 36.5. The quantitative estimate of drug-likeness (QED) is 0.0987. The van der Waals surface area contributed by atoms with Crippen molar-refractivity contribution in [3.8, 4) is 11.5 Å². The van der Waals surface area contributed by atoms with Crippen molar-refractivity contribution in [3.63, 3.8) is 0 Å². The maximum Gasteiger partial charge on any atom is 0.254 e. The summed E-state index contributed by atoms with van der Waals surface area (Å²) in [6, 6.07) is 10.2. The topological polar surface area (TPSA) is 166 Å². The highest BCUT2D eigenvalue weighted by atomic mass is 16.5. The number of carbonyl (C=O) groups is 4. The number of nitrogens with two attached hydrogens (primary N) is 1. The van der Waals surface area contributed by atoms with Crippen LogP contribution < -0.4 is 11.1 Å². The fourth-order valence-electron chi connectivity index (χ4n) is 6.28. The summed E-state index contributed by atoms with van der Waals surface area (Å²) in [7, 11) is 0.